The molecule has 1 aromatic heterocycles. The summed E-state index contributed by atoms with van der Waals surface area (Å²) >= 11 is 0. The number of hydrogen-bond acceptors (Lipinski definition) is 3. The van der Waals surface area contributed by atoms with Gasteiger partial charge in [-0.3, -0.25) is 9.59 Å². The van der Waals surface area contributed by atoms with Crippen LogP contribution in [-0.2, 0) is 11.8 Å². The molecule has 1 fully saturated rings. The van der Waals surface area contributed by atoms with Gasteiger partial charge in [-0.2, -0.15) is 0 Å². The Labute approximate surface area is 154 Å². The average molecular weight is 356 g/mol. The quantitative estimate of drug-likeness (QED) is 0.745. The lowest BCUT2D eigenvalue weighted by Gasteiger charge is -2.31. The predicted molar refractivity (Wildman–Crippen MR) is 104 cm³/mol. The van der Waals surface area contributed by atoms with Gasteiger partial charge < -0.3 is 14.2 Å². The number of benzene rings is 1. The highest BCUT2D eigenvalue weighted by molar-refractivity contribution is 5.80. The zero-order valence-corrected chi connectivity index (χ0v) is 15.7. The maximum absolute atomic E-state index is 12.3. The van der Waals surface area contributed by atoms with Crippen LogP contribution in [0.2, 0.25) is 0 Å². The van der Waals surface area contributed by atoms with Gasteiger partial charge >= 0.3 is 0 Å². The van der Waals surface area contributed by atoms with E-state index in [2.05, 4.69) is 0 Å². The highest BCUT2D eigenvalue weighted by atomic mass is 16.5. The van der Waals surface area contributed by atoms with E-state index in [4.69, 9.17) is 4.74 Å². The van der Waals surface area contributed by atoms with Crippen LogP contribution in [0.4, 0.5) is 0 Å². The largest absolute Gasteiger partial charge is 0.494 e. The Morgan fingerprint density at radius 3 is 2.73 bits per heavy atom. The molecule has 1 saturated carbocycles. The molecule has 1 aromatic carbocycles. The molecule has 1 amide bonds. The van der Waals surface area contributed by atoms with E-state index in [1.807, 2.05) is 36.2 Å². The van der Waals surface area contributed by atoms with Gasteiger partial charge in [-0.25, -0.2) is 0 Å². The summed E-state index contributed by atoms with van der Waals surface area (Å²) in [5.41, 5.74) is 0.862. The van der Waals surface area contributed by atoms with Crippen molar-refractivity contribution in [2.45, 2.75) is 51.0 Å². The number of nitrogens with zero attached hydrogens (tertiary/aromatic N) is 2. The molecule has 0 radical (unpaired) electrons. The Hall–Kier alpha value is -2.30. The predicted octanol–water partition coefficient (Wildman–Crippen LogP) is 3.49. The summed E-state index contributed by atoms with van der Waals surface area (Å²) in [5, 5.41) is 0.970. The summed E-state index contributed by atoms with van der Waals surface area (Å²) in [5.74, 6) is 0.984. The van der Waals surface area contributed by atoms with Crippen LogP contribution in [-0.4, -0.2) is 35.1 Å². The van der Waals surface area contributed by atoms with Gasteiger partial charge in [-0.1, -0.05) is 19.3 Å². The molecule has 0 atom stereocenters. The van der Waals surface area contributed by atoms with Gasteiger partial charge in [0.15, 0.2) is 0 Å². The molecule has 26 heavy (non-hydrogen) atoms. The van der Waals surface area contributed by atoms with Gasteiger partial charge in [0.2, 0.25) is 5.91 Å². The second-order valence-electron chi connectivity index (χ2n) is 7.20. The second kappa shape index (κ2) is 8.39. The van der Waals surface area contributed by atoms with Crippen LogP contribution in [0, 0.1) is 0 Å². The number of ether oxygens (including phenoxy) is 1. The maximum Gasteiger partial charge on any atom is 0.250 e. The SMILES string of the molecule is CN(C(=O)CCCOc1ccc2c(ccc(=O)n2C)c1)C1CCCCC1. The van der Waals surface area contributed by atoms with E-state index in [9.17, 15) is 9.59 Å². The van der Waals surface area contributed by atoms with Crippen LogP contribution in [0.15, 0.2) is 35.1 Å². The lowest BCUT2D eigenvalue weighted by Crippen LogP contribution is -2.38. The lowest BCUT2D eigenvalue weighted by molar-refractivity contribution is -0.132. The topological polar surface area (TPSA) is 51.5 Å². The first-order chi connectivity index (χ1) is 12.6. The molecule has 1 aliphatic carbocycles. The molecule has 0 bridgehead atoms. The minimum Gasteiger partial charge on any atom is -0.494 e. The summed E-state index contributed by atoms with van der Waals surface area (Å²) in [6.45, 7) is 0.515. The monoisotopic (exact) mass is 356 g/mol. The Bertz CT molecular complexity index is 822. The molecule has 1 heterocycles. The first-order valence-electron chi connectivity index (χ1n) is 9.54. The van der Waals surface area contributed by atoms with Crippen molar-refractivity contribution in [3.8, 4) is 5.75 Å². The fourth-order valence-electron chi connectivity index (χ4n) is 3.71. The van der Waals surface area contributed by atoms with Gasteiger partial charge in [-0.05, 0) is 43.5 Å². The summed E-state index contributed by atoms with van der Waals surface area (Å²) in [6.07, 6.45) is 7.27. The van der Waals surface area contributed by atoms with Crippen LogP contribution >= 0.6 is 0 Å². The summed E-state index contributed by atoms with van der Waals surface area (Å²) in [6, 6.07) is 9.50. The average Bonchev–Trinajstić information content (AvgIpc) is 2.68. The zero-order valence-electron chi connectivity index (χ0n) is 15.7. The summed E-state index contributed by atoms with van der Waals surface area (Å²) in [7, 11) is 3.70. The van der Waals surface area contributed by atoms with Crippen molar-refractivity contribution < 1.29 is 9.53 Å². The Morgan fingerprint density at radius 1 is 1.19 bits per heavy atom. The van der Waals surface area contributed by atoms with E-state index < -0.39 is 0 Å². The van der Waals surface area contributed by atoms with Crippen LogP contribution in [0.1, 0.15) is 44.9 Å². The van der Waals surface area contributed by atoms with Crippen LogP contribution in [0.25, 0.3) is 10.9 Å². The van der Waals surface area contributed by atoms with E-state index in [0.717, 1.165) is 29.5 Å². The smallest absolute Gasteiger partial charge is 0.250 e. The van der Waals surface area contributed by atoms with Crippen molar-refractivity contribution in [3.05, 3.63) is 40.7 Å². The highest BCUT2D eigenvalue weighted by Gasteiger charge is 2.21. The summed E-state index contributed by atoms with van der Waals surface area (Å²) < 4.78 is 7.43. The first kappa shape index (κ1) is 18.5. The summed E-state index contributed by atoms with van der Waals surface area (Å²) in [4.78, 5) is 25.9. The molecule has 0 aliphatic heterocycles. The van der Waals surface area contributed by atoms with Crippen molar-refractivity contribution in [2.75, 3.05) is 13.7 Å². The van der Waals surface area contributed by atoms with Gasteiger partial charge in [0.05, 0.1) is 12.1 Å². The van der Waals surface area contributed by atoms with Crippen molar-refractivity contribution in [1.29, 1.82) is 0 Å². The Balaban J connectivity index is 1.48. The molecule has 2 aromatic rings. The van der Waals surface area contributed by atoms with Gasteiger partial charge in [0.1, 0.15) is 5.75 Å². The fraction of sp³-hybridized carbons (Fsp3) is 0.524. The van der Waals surface area contributed by atoms with Crippen LogP contribution < -0.4 is 10.3 Å². The molecule has 0 saturated heterocycles. The van der Waals surface area contributed by atoms with E-state index >= 15 is 0 Å². The van der Waals surface area contributed by atoms with Gasteiger partial charge in [-0.15, -0.1) is 0 Å². The third-order valence-electron chi connectivity index (χ3n) is 5.42. The number of aromatic nitrogens is 1. The molecule has 5 nitrogen and oxygen atoms in total. The molecule has 3 rings (SSSR count). The maximum atomic E-state index is 12.3. The van der Waals surface area contributed by atoms with Crippen LogP contribution in [0.5, 0.6) is 5.75 Å². The van der Waals surface area contributed by atoms with Gasteiger partial charge in [0.25, 0.3) is 5.56 Å². The third-order valence-corrected chi connectivity index (χ3v) is 5.42. The Morgan fingerprint density at radius 2 is 1.96 bits per heavy atom. The molecule has 1 aliphatic rings. The highest BCUT2D eigenvalue weighted by Crippen LogP contribution is 2.22. The number of carbonyl (C=O) groups is 1. The lowest BCUT2D eigenvalue weighted by atomic mass is 9.94. The zero-order chi connectivity index (χ0) is 18.5. The fourth-order valence-corrected chi connectivity index (χ4v) is 3.71. The number of aryl methyl sites for hydroxylation is 1. The normalized spacial score (nSPS) is 15.2. The molecular formula is C21H28N2O3. The number of amides is 1. The van der Waals surface area contributed by atoms with E-state index in [1.165, 1.54) is 19.3 Å². The van der Waals surface area contributed by atoms with Crippen molar-refractivity contribution in [2.24, 2.45) is 7.05 Å². The minimum atomic E-state index is -0.0215. The molecule has 0 N–H and O–H groups in total. The standard InChI is InChI=1S/C21H28N2O3/c1-22(17-7-4-3-5-8-17)20(24)9-6-14-26-18-11-12-19-16(15-18)10-13-21(25)23(19)2/h10-13,15,17H,3-9,14H2,1-2H3. The number of pyridine rings is 1. The third kappa shape index (κ3) is 4.26. The van der Waals surface area contributed by atoms with Gasteiger partial charge in [0, 0.05) is 38.0 Å². The first-order valence-corrected chi connectivity index (χ1v) is 9.54. The number of carbonyl (C=O) groups excluding carboxylic acids is 1. The van der Waals surface area contributed by atoms with Crippen molar-refractivity contribution in [1.82, 2.24) is 9.47 Å². The Kier molecular flexibility index (Phi) is 5.96. The molecule has 140 valence electrons. The molecule has 0 spiro atoms. The van der Waals surface area contributed by atoms with E-state index in [1.54, 1.807) is 17.7 Å². The minimum absolute atomic E-state index is 0.0215. The second-order valence-corrected chi connectivity index (χ2v) is 7.20. The van der Waals surface area contributed by atoms with Crippen LogP contribution in [0.3, 0.4) is 0 Å². The number of fused-ring (bicyclic) bond motifs is 1. The molecule has 0 unspecified atom stereocenters. The van der Waals surface area contributed by atoms with Crippen molar-refractivity contribution >= 4 is 16.8 Å². The molecular weight excluding hydrogens is 328 g/mol. The number of hydrogen-bond donors (Lipinski definition) is 0. The number of rotatable bonds is 6. The van der Waals surface area contributed by atoms with E-state index in [-0.39, 0.29) is 11.5 Å². The van der Waals surface area contributed by atoms with E-state index in [0.29, 0.717) is 25.5 Å². The molecule has 5 heteroatoms. The van der Waals surface area contributed by atoms with Crippen molar-refractivity contribution in [3.63, 3.8) is 0 Å².